The highest BCUT2D eigenvalue weighted by Crippen LogP contribution is 2.20. The van der Waals surface area contributed by atoms with E-state index in [1.54, 1.807) is 25.1 Å². The zero-order valence-corrected chi connectivity index (χ0v) is 12.4. The average Bonchev–Trinajstić information content (AvgIpc) is 2.38. The van der Waals surface area contributed by atoms with E-state index in [-0.39, 0.29) is 0 Å². The Bertz CT molecular complexity index is 446. The van der Waals surface area contributed by atoms with E-state index < -0.39 is 18.4 Å². The Balaban J connectivity index is 2.72. The van der Waals surface area contributed by atoms with Crippen molar-refractivity contribution in [2.45, 2.75) is 46.0 Å². The Labute approximate surface area is 120 Å². The van der Waals surface area contributed by atoms with Crippen LogP contribution in [0, 0.1) is 0 Å². The summed E-state index contributed by atoms with van der Waals surface area (Å²) in [6.45, 7) is 7.43. The molecule has 0 aliphatic rings. The van der Waals surface area contributed by atoms with E-state index >= 15 is 0 Å². The first-order valence-electron chi connectivity index (χ1n) is 6.72. The van der Waals surface area contributed by atoms with E-state index in [4.69, 9.17) is 9.47 Å². The third-order valence-corrected chi connectivity index (χ3v) is 2.73. The average molecular weight is 278 g/mol. The maximum absolute atomic E-state index is 11.4. The molecule has 2 unspecified atom stereocenters. The number of allylic oxidation sites excluding steroid dienone is 1. The Hall–Kier alpha value is -1.81. The van der Waals surface area contributed by atoms with Gasteiger partial charge in [-0.3, -0.25) is 0 Å². The summed E-state index contributed by atoms with van der Waals surface area (Å²) in [6.07, 6.45) is 0.900. The van der Waals surface area contributed by atoms with Crippen LogP contribution < -0.4 is 4.74 Å². The molecule has 1 aromatic rings. The first-order valence-corrected chi connectivity index (χ1v) is 6.72. The fraction of sp³-hybridized carbons (Fsp3) is 0.438. The van der Waals surface area contributed by atoms with Gasteiger partial charge in [0.15, 0.2) is 0 Å². The Kier molecular flexibility index (Phi) is 6.25. The second-order valence-corrected chi connectivity index (χ2v) is 4.89. The van der Waals surface area contributed by atoms with Crippen molar-refractivity contribution in [2.75, 3.05) is 0 Å². The van der Waals surface area contributed by atoms with Crippen molar-refractivity contribution >= 4 is 5.97 Å². The van der Waals surface area contributed by atoms with E-state index in [0.29, 0.717) is 11.7 Å². The van der Waals surface area contributed by atoms with E-state index in [1.807, 2.05) is 12.1 Å². The van der Waals surface area contributed by atoms with Gasteiger partial charge in [-0.05, 0) is 37.5 Å². The molecule has 0 aliphatic heterocycles. The molecule has 0 fully saturated rings. The highest BCUT2D eigenvalue weighted by Gasteiger charge is 2.20. The van der Waals surface area contributed by atoms with Crippen LogP contribution in [0.25, 0.3) is 0 Å². The third-order valence-electron chi connectivity index (χ3n) is 2.73. The summed E-state index contributed by atoms with van der Waals surface area (Å²) in [5.74, 6) is 0.440. The number of esters is 1. The molecule has 1 N–H and O–H groups in total. The van der Waals surface area contributed by atoms with Crippen molar-refractivity contribution in [1.82, 2.24) is 0 Å². The molecule has 0 saturated heterocycles. The zero-order chi connectivity index (χ0) is 15.1. The van der Waals surface area contributed by atoms with Crippen LogP contribution in [0.1, 0.15) is 39.2 Å². The molecule has 0 radical (unpaired) electrons. The summed E-state index contributed by atoms with van der Waals surface area (Å²) < 4.78 is 10.5. The number of carbonyl (C=O) groups excluding carboxylic acids is 1. The minimum Gasteiger partial charge on any atom is -0.452 e. The summed E-state index contributed by atoms with van der Waals surface area (Å²) in [7, 11) is 0. The highest BCUT2D eigenvalue weighted by atomic mass is 16.7. The number of hydrogen-bond donors (Lipinski definition) is 1. The van der Waals surface area contributed by atoms with Crippen molar-refractivity contribution in [1.29, 1.82) is 0 Å². The Morgan fingerprint density at radius 3 is 2.25 bits per heavy atom. The third kappa shape index (κ3) is 5.05. The zero-order valence-electron chi connectivity index (χ0n) is 12.4. The van der Waals surface area contributed by atoms with Gasteiger partial charge in [0.2, 0.25) is 0 Å². The predicted octanol–water partition coefficient (Wildman–Crippen LogP) is 3.02. The molecule has 0 saturated carbocycles. The molecule has 0 heterocycles. The molecule has 0 aliphatic carbocycles. The van der Waals surface area contributed by atoms with Crippen LogP contribution in [-0.4, -0.2) is 23.5 Å². The molecular weight excluding hydrogens is 256 g/mol. The summed E-state index contributed by atoms with van der Waals surface area (Å²) >= 11 is 0. The number of benzene rings is 1. The van der Waals surface area contributed by atoms with Crippen molar-refractivity contribution in [3.05, 3.63) is 42.0 Å². The summed E-state index contributed by atoms with van der Waals surface area (Å²) in [6, 6.07) is 7.50. The lowest BCUT2D eigenvalue weighted by Gasteiger charge is -2.21. The number of aliphatic hydroxyl groups excluding tert-OH is 1. The molecule has 1 aromatic carbocycles. The fourth-order valence-electron chi connectivity index (χ4n) is 1.58. The lowest BCUT2D eigenvalue weighted by Crippen LogP contribution is -2.34. The van der Waals surface area contributed by atoms with Gasteiger partial charge in [0, 0.05) is 6.08 Å². The van der Waals surface area contributed by atoms with E-state index in [9.17, 15) is 9.90 Å². The van der Waals surface area contributed by atoms with E-state index in [0.717, 1.165) is 0 Å². The van der Waals surface area contributed by atoms with E-state index in [1.165, 1.54) is 18.6 Å². The largest absolute Gasteiger partial charge is 0.452 e. The molecule has 110 valence electrons. The second-order valence-electron chi connectivity index (χ2n) is 4.89. The minimum atomic E-state index is -1.02. The van der Waals surface area contributed by atoms with Gasteiger partial charge in [-0.2, -0.15) is 0 Å². The minimum absolute atomic E-state index is 0.434. The highest BCUT2D eigenvalue weighted by molar-refractivity contribution is 5.81. The number of ether oxygens (including phenoxy) is 2. The first kappa shape index (κ1) is 16.2. The van der Waals surface area contributed by atoms with Gasteiger partial charge < -0.3 is 14.6 Å². The molecule has 4 heteroatoms. The summed E-state index contributed by atoms with van der Waals surface area (Å²) in [5, 5.41) is 9.61. The van der Waals surface area contributed by atoms with Crippen LogP contribution in [0.3, 0.4) is 0 Å². The second kappa shape index (κ2) is 7.70. The number of rotatable bonds is 6. The maximum atomic E-state index is 11.4. The molecule has 0 spiro atoms. The topological polar surface area (TPSA) is 55.8 Å². The van der Waals surface area contributed by atoms with Crippen LogP contribution >= 0.6 is 0 Å². The molecule has 0 amide bonds. The summed E-state index contributed by atoms with van der Waals surface area (Å²) in [5.41, 5.74) is 1.19. The van der Waals surface area contributed by atoms with Gasteiger partial charge in [0.1, 0.15) is 11.9 Å². The van der Waals surface area contributed by atoms with Crippen molar-refractivity contribution in [2.24, 2.45) is 0 Å². The molecule has 0 bridgehead atoms. The predicted molar refractivity (Wildman–Crippen MR) is 77.5 cm³/mol. The SMILES string of the molecule is C/C=C/C(=O)OC(Oc1ccc(C(C)C)cc1)C(C)O. The van der Waals surface area contributed by atoms with Crippen molar-refractivity contribution in [3.8, 4) is 5.75 Å². The molecule has 0 aromatic heterocycles. The molecule has 20 heavy (non-hydrogen) atoms. The molecule has 4 nitrogen and oxygen atoms in total. The first-order chi connectivity index (χ1) is 9.43. The molecule has 1 rings (SSSR count). The van der Waals surface area contributed by atoms with Crippen molar-refractivity contribution < 1.29 is 19.4 Å². The van der Waals surface area contributed by atoms with Crippen LogP contribution in [0.4, 0.5) is 0 Å². The maximum Gasteiger partial charge on any atom is 0.333 e. The lowest BCUT2D eigenvalue weighted by atomic mass is 10.0. The molecule has 2 atom stereocenters. The standard InChI is InChI=1S/C16H22O4/c1-5-6-15(18)20-16(12(4)17)19-14-9-7-13(8-10-14)11(2)3/h5-12,16-17H,1-4H3/b6-5+. The van der Waals surface area contributed by atoms with Crippen LogP contribution in [-0.2, 0) is 9.53 Å². The van der Waals surface area contributed by atoms with Gasteiger partial charge in [-0.1, -0.05) is 32.1 Å². The molecular formula is C16H22O4. The van der Waals surface area contributed by atoms with Gasteiger partial charge in [0.25, 0.3) is 6.29 Å². The van der Waals surface area contributed by atoms with Gasteiger partial charge in [0.05, 0.1) is 0 Å². The Morgan fingerprint density at radius 1 is 1.20 bits per heavy atom. The van der Waals surface area contributed by atoms with Crippen molar-refractivity contribution in [3.63, 3.8) is 0 Å². The number of carbonyl (C=O) groups is 1. The van der Waals surface area contributed by atoms with Gasteiger partial charge in [-0.25, -0.2) is 4.79 Å². The van der Waals surface area contributed by atoms with Crippen LogP contribution in [0.5, 0.6) is 5.75 Å². The lowest BCUT2D eigenvalue weighted by molar-refractivity contribution is -0.172. The smallest absolute Gasteiger partial charge is 0.333 e. The number of hydrogen-bond acceptors (Lipinski definition) is 4. The van der Waals surface area contributed by atoms with E-state index in [2.05, 4.69) is 13.8 Å². The fourth-order valence-corrected chi connectivity index (χ4v) is 1.58. The van der Waals surface area contributed by atoms with Gasteiger partial charge >= 0.3 is 5.97 Å². The van der Waals surface area contributed by atoms with Crippen LogP contribution in [0.15, 0.2) is 36.4 Å². The van der Waals surface area contributed by atoms with Gasteiger partial charge in [-0.15, -0.1) is 0 Å². The Morgan fingerprint density at radius 2 is 1.80 bits per heavy atom. The normalized spacial score (nSPS) is 14.3. The summed E-state index contributed by atoms with van der Waals surface area (Å²) in [4.78, 5) is 11.4. The quantitative estimate of drug-likeness (QED) is 0.494. The number of aliphatic hydroxyl groups is 1. The monoisotopic (exact) mass is 278 g/mol. The van der Waals surface area contributed by atoms with Crippen LogP contribution in [0.2, 0.25) is 0 Å².